The molecule has 1 atom stereocenters. The summed E-state index contributed by atoms with van der Waals surface area (Å²) in [4.78, 5) is 11.3. The number of benzene rings is 2. The van der Waals surface area contributed by atoms with Gasteiger partial charge in [-0.25, -0.2) is 0 Å². The molecule has 2 heterocycles. The van der Waals surface area contributed by atoms with Crippen LogP contribution in [0.15, 0.2) is 59.6 Å². The maximum Gasteiger partial charge on any atom is 0.341 e. The second-order valence-electron chi connectivity index (χ2n) is 7.23. The largest absolute Gasteiger partial charge is 0.772 e. The fourth-order valence-corrected chi connectivity index (χ4v) is 5.45. The lowest BCUT2D eigenvalue weighted by Gasteiger charge is -2.10. The van der Waals surface area contributed by atoms with Gasteiger partial charge >= 0.3 is 16.1 Å². The first-order chi connectivity index (χ1) is 15.7. The van der Waals surface area contributed by atoms with Crippen molar-refractivity contribution in [1.82, 2.24) is 14.8 Å². The van der Waals surface area contributed by atoms with Gasteiger partial charge in [-0.05, 0) is 42.8 Å². The molecule has 0 saturated carbocycles. The second kappa shape index (κ2) is 8.81. The number of carboxylic acids is 1. The van der Waals surface area contributed by atoms with Crippen molar-refractivity contribution in [2.24, 2.45) is 0 Å². The number of carboxylic acid groups (broad SMARTS) is 1. The van der Waals surface area contributed by atoms with Gasteiger partial charge in [0.15, 0.2) is 0 Å². The molecule has 0 aliphatic heterocycles. The lowest BCUT2D eigenvalue weighted by molar-refractivity contribution is -0.137. The number of carbonyl (C=O) groups is 1. The average molecular weight is 489 g/mol. The van der Waals surface area contributed by atoms with Crippen LogP contribution >= 0.6 is 0 Å². The zero-order valence-electron chi connectivity index (χ0n) is 17.2. The first-order valence-electron chi connectivity index (χ1n) is 9.59. The third-order valence-electron chi connectivity index (χ3n) is 5.03. The fraction of sp³-hybridized carbons (Fsp3) is 0.143. The van der Waals surface area contributed by atoms with E-state index in [4.69, 9.17) is 4.18 Å². The van der Waals surface area contributed by atoms with Crippen molar-refractivity contribution in [1.29, 1.82) is 0 Å². The van der Waals surface area contributed by atoms with Crippen LogP contribution in [0.25, 0.3) is 22.2 Å². The molecule has 0 bridgehead atoms. The van der Waals surface area contributed by atoms with Crippen molar-refractivity contribution in [2.75, 3.05) is 0 Å². The molecule has 0 amide bonds. The van der Waals surface area contributed by atoms with Crippen LogP contribution in [0.3, 0.4) is 0 Å². The van der Waals surface area contributed by atoms with Gasteiger partial charge < -0.3 is 18.4 Å². The van der Waals surface area contributed by atoms with Crippen molar-refractivity contribution in [3.8, 4) is 17.0 Å². The summed E-state index contributed by atoms with van der Waals surface area (Å²) in [7, 11) is -4.37. The lowest BCUT2D eigenvalue weighted by Crippen LogP contribution is -2.13. The Morgan fingerprint density at radius 2 is 1.94 bits per heavy atom. The molecule has 4 aromatic rings. The highest BCUT2D eigenvalue weighted by atomic mass is 32.2. The minimum absolute atomic E-state index is 0.00121. The summed E-state index contributed by atoms with van der Waals surface area (Å²) in [6.07, 6.45) is 1.56. The molecular weight excluding hydrogens is 470 g/mol. The molecule has 2 aromatic heterocycles. The molecule has 0 spiro atoms. The maximum atomic E-state index is 13.3. The Bertz CT molecular complexity index is 1460. The molecule has 10 nitrogen and oxygen atoms in total. The SMILES string of the molecule is Cc1c(S(=O)(=O)Oc2ccc(CS(=O)[O-])cc2)c2cc(-c3ccn[nH]3)ccc2n1CC(=O)O. The predicted molar refractivity (Wildman–Crippen MR) is 119 cm³/mol. The van der Waals surface area contributed by atoms with Gasteiger partial charge in [0.25, 0.3) is 0 Å². The van der Waals surface area contributed by atoms with Crippen LogP contribution in [0.2, 0.25) is 0 Å². The first-order valence-corrected chi connectivity index (χ1v) is 12.2. The Hall–Kier alpha value is -3.48. The molecule has 0 aliphatic carbocycles. The number of rotatable bonds is 8. The molecule has 0 saturated heterocycles. The second-order valence-corrected chi connectivity index (χ2v) is 9.61. The van der Waals surface area contributed by atoms with Gasteiger partial charge in [-0.3, -0.25) is 14.1 Å². The number of fused-ring (bicyclic) bond motifs is 1. The van der Waals surface area contributed by atoms with E-state index in [2.05, 4.69) is 10.2 Å². The van der Waals surface area contributed by atoms with Crippen molar-refractivity contribution >= 4 is 38.1 Å². The zero-order chi connectivity index (χ0) is 23.8. The summed E-state index contributed by atoms with van der Waals surface area (Å²) < 4.78 is 55.0. The highest BCUT2D eigenvalue weighted by Gasteiger charge is 2.28. The molecule has 2 N–H and O–H groups in total. The number of nitrogens with one attached hydrogen (secondary N) is 1. The van der Waals surface area contributed by atoms with Gasteiger partial charge in [0, 0.05) is 28.6 Å². The van der Waals surface area contributed by atoms with Crippen molar-refractivity contribution in [3.05, 3.63) is 66.0 Å². The predicted octanol–water partition coefficient (Wildman–Crippen LogP) is 2.57. The molecule has 1 unspecified atom stereocenters. The normalized spacial score (nSPS) is 12.7. The van der Waals surface area contributed by atoms with E-state index in [1.807, 2.05) is 0 Å². The van der Waals surface area contributed by atoms with Gasteiger partial charge in [0.05, 0.1) is 11.2 Å². The number of hydrogen-bond acceptors (Lipinski definition) is 7. The number of hydrogen-bond donors (Lipinski definition) is 2. The van der Waals surface area contributed by atoms with E-state index in [0.29, 0.717) is 27.7 Å². The van der Waals surface area contributed by atoms with E-state index >= 15 is 0 Å². The minimum Gasteiger partial charge on any atom is -0.772 e. The molecule has 0 aliphatic rings. The fourth-order valence-electron chi connectivity index (χ4n) is 3.64. The molecule has 172 valence electrons. The van der Waals surface area contributed by atoms with E-state index in [9.17, 15) is 27.1 Å². The molecule has 0 radical (unpaired) electrons. The lowest BCUT2D eigenvalue weighted by atomic mass is 10.1. The first kappa shape index (κ1) is 22.7. The molecule has 2 aromatic carbocycles. The zero-order valence-corrected chi connectivity index (χ0v) is 18.9. The summed E-state index contributed by atoms with van der Waals surface area (Å²) in [5.74, 6) is -1.33. The standard InChI is InChI=1S/C21H19N3O7S2/c1-13-21(33(29,30)31-16-5-2-14(3-6-16)12-32(27)28)17-10-15(18-8-9-22-23-18)4-7-19(17)24(13)11-20(25)26/h2-10H,11-12H2,1H3,(H,22,23)(H,25,26)(H,27,28)/p-1. The van der Waals surface area contributed by atoms with Crippen LogP contribution in [-0.2, 0) is 38.3 Å². The number of aromatic amines is 1. The van der Waals surface area contributed by atoms with Gasteiger partial charge in [-0.1, -0.05) is 29.3 Å². The average Bonchev–Trinajstić information content (AvgIpc) is 3.36. The number of nitrogens with zero attached hydrogens (tertiary/aromatic N) is 2. The number of aromatic nitrogens is 3. The summed E-state index contributed by atoms with van der Waals surface area (Å²) in [5.41, 5.74) is 2.45. The maximum absolute atomic E-state index is 13.3. The number of H-pyrrole nitrogens is 1. The summed E-state index contributed by atoms with van der Waals surface area (Å²) in [6, 6.07) is 12.4. The van der Waals surface area contributed by atoms with Crippen LogP contribution in [0.5, 0.6) is 5.75 Å². The highest BCUT2D eigenvalue weighted by Crippen LogP contribution is 2.34. The summed E-state index contributed by atoms with van der Waals surface area (Å²) >= 11 is -2.27. The van der Waals surface area contributed by atoms with Crippen LogP contribution in [0.4, 0.5) is 0 Å². The highest BCUT2D eigenvalue weighted by molar-refractivity contribution is 7.87. The molecule has 4 rings (SSSR count). The van der Waals surface area contributed by atoms with Crippen LogP contribution in [0.1, 0.15) is 11.3 Å². The third kappa shape index (κ3) is 4.67. The van der Waals surface area contributed by atoms with Crippen LogP contribution in [0, 0.1) is 6.92 Å². The van der Waals surface area contributed by atoms with Crippen molar-refractivity contribution in [2.45, 2.75) is 24.1 Å². The quantitative estimate of drug-likeness (QED) is 0.283. The molecule has 0 fully saturated rings. The summed E-state index contributed by atoms with van der Waals surface area (Å²) in [6.45, 7) is 1.09. The smallest absolute Gasteiger partial charge is 0.341 e. The van der Waals surface area contributed by atoms with E-state index in [-0.39, 0.29) is 22.1 Å². The molecular formula is C21H18N3O7S2-. The Kier molecular flexibility index (Phi) is 6.06. The Balaban J connectivity index is 1.81. The monoisotopic (exact) mass is 488 g/mol. The van der Waals surface area contributed by atoms with Gasteiger partial charge in [-0.2, -0.15) is 13.5 Å². The van der Waals surface area contributed by atoms with Crippen LogP contribution in [-0.4, -0.2) is 43.0 Å². The van der Waals surface area contributed by atoms with Crippen LogP contribution < -0.4 is 4.18 Å². The third-order valence-corrected chi connectivity index (χ3v) is 7.03. The Morgan fingerprint density at radius 3 is 2.55 bits per heavy atom. The van der Waals surface area contributed by atoms with E-state index in [0.717, 1.165) is 0 Å². The van der Waals surface area contributed by atoms with E-state index < -0.39 is 33.7 Å². The van der Waals surface area contributed by atoms with Gasteiger partial charge in [-0.15, -0.1) is 0 Å². The van der Waals surface area contributed by atoms with Gasteiger partial charge in [0.2, 0.25) is 0 Å². The van der Waals surface area contributed by atoms with Crippen molar-refractivity contribution < 1.29 is 31.3 Å². The van der Waals surface area contributed by atoms with Gasteiger partial charge in [0.1, 0.15) is 17.2 Å². The number of aliphatic carboxylic acids is 1. The van der Waals surface area contributed by atoms with Crippen molar-refractivity contribution in [3.63, 3.8) is 0 Å². The minimum atomic E-state index is -4.37. The molecule has 12 heteroatoms. The Morgan fingerprint density at radius 1 is 1.21 bits per heavy atom. The Labute approximate surface area is 191 Å². The summed E-state index contributed by atoms with van der Waals surface area (Å²) in [5, 5.41) is 16.4. The topological polar surface area (TPSA) is 154 Å². The van der Waals surface area contributed by atoms with E-state index in [1.54, 1.807) is 30.5 Å². The van der Waals surface area contributed by atoms with E-state index in [1.165, 1.54) is 35.8 Å². The molecule has 33 heavy (non-hydrogen) atoms.